The molecule has 0 amide bonds. The summed E-state index contributed by atoms with van der Waals surface area (Å²) >= 11 is 0. The first kappa shape index (κ1) is 8.91. The number of fused-ring (bicyclic) bond motifs is 2. The number of hydrogen-bond donors (Lipinski definition) is 3. The summed E-state index contributed by atoms with van der Waals surface area (Å²) in [6.45, 7) is 0. The van der Waals surface area contributed by atoms with Crippen LogP contribution in [-0.2, 0) is 0 Å². The molecule has 0 unspecified atom stereocenters. The minimum Gasteiger partial charge on any atom is -0.508 e. The van der Waals surface area contributed by atoms with Crippen LogP contribution in [0.3, 0.4) is 0 Å². The van der Waals surface area contributed by atoms with Crippen LogP contribution in [0.4, 0.5) is 11.4 Å². The van der Waals surface area contributed by atoms with E-state index < -0.39 is 0 Å². The van der Waals surface area contributed by atoms with E-state index >= 15 is 0 Å². The molecule has 0 spiro atoms. The number of ether oxygens (including phenoxy) is 1. The molecule has 0 saturated heterocycles. The predicted molar refractivity (Wildman–Crippen MR) is 59.6 cm³/mol. The highest BCUT2D eigenvalue weighted by molar-refractivity contribution is 5.80. The molecular weight excluding hydrogens is 206 g/mol. The van der Waals surface area contributed by atoms with Gasteiger partial charge in [0.25, 0.3) is 0 Å². The van der Waals surface area contributed by atoms with Gasteiger partial charge in [-0.1, -0.05) is 12.1 Å². The Labute approximate surface area is 91.7 Å². The summed E-state index contributed by atoms with van der Waals surface area (Å²) in [6.07, 6.45) is 0. The summed E-state index contributed by atoms with van der Waals surface area (Å²) in [5, 5.41) is 22.1. The smallest absolute Gasteiger partial charge is 0.158 e. The largest absolute Gasteiger partial charge is 0.508 e. The molecular formula is C12H9NO3. The Morgan fingerprint density at radius 2 is 1.81 bits per heavy atom. The summed E-state index contributed by atoms with van der Waals surface area (Å²) in [5.74, 6) is 1.01. The summed E-state index contributed by atoms with van der Waals surface area (Å²) in [4.78, 5) is 0. The lowest BCUT2D eigenvalue weighted by Crippen LogP contribution is -2.02. The number of anilines is 2. The molecule has 0 atom stereocenters. The van der Waals surface area contributed by atoms with Gasteiger partial charge in [-0.25, -0.2) is 0 Å². The Kier molecular flexibility index (Phi) is 1.71. The second-order valence-corrected chi connectivity index (χ2v) is 3.56. The average molecular weight is 215 g/mol. The van der Waals surface area contributed by atoms with Crippen molar-refractivity contribution in [1.29, 1.82) is 0 Å². The van der Waals surface area contributed by atoms with Gasteiger partial charge in [-0.15, -0.1) is 0 Å². The first-order chi connectivity index (χ1) is 7.74. The van der Waals surface area contributed by atoms with Crippen LogP contribution in [0.25, 0.3) is 0 Å². The standard InChI is InChI=1S/C12H9NO3/c14-7-5-9(15)12-11(6-7)16-10-4-2-1-3-8(10)13-12/h1-6,13-15H. The predicted octanol–water partition coefficient (Wildman–Crippen LogP) is 2.95. The highest BCUT2D eigenvalue weighted by Crippen LogP contribution is 2.47. The van der Waals surface area contributed by atoms with Crippen LogP contribution in [-0.4, -0.2) is 10.2 Å². The second-order valence-electron chi connectivity index (χ2n) is 3.56. The summed E-state index contributed by atoms with van der Waals surface area (Å²) in [7, 11) is 0. The van der Waals surface area contributed by atoms with Crippen molar-refractivity contribution in [3.05, 3.63) is 36.4 Å². The molecule has 1 heterocycles. The molecule has 1 aliphatic heterocycles. The van der Waals surface area contributed by atoms with Crippen LogP contribution in [0, 0.1) is 0 Å². The number of benzene rings is 2. The molecule has 0 radical (unpaired) electrons. The quantitative estimate of drug-likeness (QED) is 0.398. The van der Waals surface area contributed by atoms with Crippen LogP contribution in [0.1, 0.15) is 0 Å². The van der Waals surface area contributed by atoms with Crippen LogP contribution in [0.2, 0.25) is 0 Å². The van der Waals surface area contributed by atoms with Crippen LogP contribution in [0.15, 0.2) is 36.4 Å². The first-order valence-electron chi connectivity index (χ1n) is 4.84. The lowest BCUT2D eigenvalue weighted by molar-refractivity contribution is 0.432. The van der Waals surface area contributed by atoms with Crippen molar-refractivity contribution in [3.63, 3.8) is 0 Å². The molecule has 4 nitrogen and oxygen atoms in total. The fourth-order valence-electron chi connectivity index (χ4n) is 1.70. The van der Waals surface area contributed by atoms with E-state index in [1.165, 1.54) is 12.1 Å². The lowest BCUT2D eigenvalue weighted by atomic mass is 10.2. The van der Waals surface area contributed by atoms with Crippen molar-refractivity contribution in [3.8, 4) is 23.0 Å². The van der Waals surface area contributed by atoms with Crippen LogP contribution in [0.5, 0.6) is 23.0 Å². The molecule has 3 N–H and O–H groups in total. The van der Waals surface area contributed by atoms with Crippen molar-refractivity contribution in [1.82, 2.24) is 0 Å². The number of nitrogens with one attached hydrogen (secondary N) is 1. The van der Waals surface area contributed by atoms with E-state index in [4.69, 9.17) is 4.74 Å². The lowest BCUT2D eigenvalue weighted by Gasteiger charge is -2.22. The zero-order valence-electron chi connectivity index (χ0n) is 8.27. The van der Waals surface area contributed by atoms with Gasteiger partial charge in [0.2, 0.25) is 0 Å². The van der Waals surface area contributed by atoms with Gasteiger partial charge in [0.15, 0.2) is 11.5 Å². The third kappa shape index (κ3) is 1.24. The third-order valence-electron chi connectivity index (χ3n) is 2.43. The van der Waals surface area contributed by atoms with Crippen molar-refractivity contribution in [2.75, 3.05) is 5.32 Å². The zero-order valence-corrected chi connectivity index (χ0v) is 8.27. The summed E-state index contributed by atoms with van der Waals surface area (Å²) in [6, 6.07) is 10.1. The van der Waals surface area contributed by atoms with Crippen molar-refractivity contribution in [2.45, 2.75) is 0 Å². The molecule has 4 heteroatoms. The normalized spacial score (nSPS) is 12.0. The van der Waals surface area contributed by atoms with Gasteiger partial charge in [-0.2, -0.15) is 0 Å². The molecule has 0 saturated carbocycles. The Hall–Kier alpha value is -2.36. The summed E-state index contributed by atoms with van der Waals surface area (Å²) < 4.78 is 5.56. The maximum Gasteiger partial charge on any atom is 0.158 e. The van der Waals surface area contributed by atoms with Crippen LogP contribution >= 0.6 is 0 Å². The number of rotatable bonds is 0. The monoisotopic (exact) mass is 215 g/mol. The van der Waals surface area contributed by atoms with Gasteiger partial charge in [0, 0.05) is 12.1 Å². The molecule has 80 valence electrons. The number of aromatic hydroxyl groups is 2. The molecule has 0 aliphatic carbocycles. The molecule has 2 aromatic carbocycles. The topological polar surface area (TPSA) is 61.7 Å². The van der Waals surface area contributed by atoms with E-state index in [9.17, 15) is 10.2 Å². The molecule has 1 aliphatic rings. The minimum atomic E-state index is -0.0375. The van der Waals surface area contributed by atoms with Gasteiger partial charge in [0.1, 0.15) is 17.2 Å². The molecule has 16 heavy (non-hydrogen) atoms. The average Bonchev–Trinajstić information content (AvgIpc) is 2.27. The molecule has 2 aromatic rings. The molecule has 0 bridgehead atoms. The fraction of sp³-hybridized carbons (Fsp3) is 0. The maximum absolute atomic E-state index is 9.66. The van der Waals surface area contributed by atoms with Crippen molar-refractivity contribution in [2.24, 2.45) is 0 Å². The van der Waals surface area contributed by atoms with Crippen molar-refractivity contribution < 1.29 is 14.9 Å². The number of para-hydroxylation sites is 2. The van der Waals surface area contributed by atoms with E-state index in [0.717, 1.165) is 5.69 Å². The second kappa shape index (κ2) is 3.06. The Morgan fingerprint density at radius 3 is 2.69 bits per heavy atom. The van der Waals surface area contributed by atoms with E-state index in [-0.39, 0.29) is 11.5 Å². The SMILES string of the molecule is Oc1cc(O)c2c(c1)Oc1ccccc1N2. The maximum atomic E-state index is 9.66. The highest BCUT2D eigenvalue weighted by Gasteiger charge is 2.19. The Morgan fingerprint density at radius 1 is 1.00 bits per heavy atom. The molecule has 0 fully saturated rings. The highest BCUT2D eigenvalue weighted by atomic mass is 16.5. The van der Waals surface area contributed by atoms with Gasteiger partial charge in [-0.3, -0.25) is 0 Å². The van der Waals surface area contributed by atoms with E-state index in [1.807, 2.05) is 24.3 Å². The molecule has 3 rings (SSSR count). The summed E-state index contributed by atoms with van der Waals surface area (Å²) in [5.41, 5.74) is 1.26. The third-order valence-corrected chi connectivity index (χ3v) is 2.43. The van der Waals surface area contributed by atoms with Gasteiger partial charge in [0.05, 0.1) is 5.69 Å². The van der Waals surface area contributed by atoms with Crippen LogP contribution < -0.4 is 10.1 Å². The Bertz CT molecular complexity index is 566. The molecule has 0 aromatic heterocycles. The Balaban J connectivity index is 2.15. The van der Waals surface area contributed by atoms with E-state index in [1.54, 1.807) is 0 Å². The van der Waals surface area contributed by atoms with Gasteiger partial charge >= 0.3 is 0 Å². The fourth-order valence-corrected chi connectivity index (χ4v) is 1.70. The number of phenols is 2. The first-order valence-corrected chi connectivity index (χ1v) is 4.84. The number of phenolic OH excluding ortho intramolecular Hbond substituents is 2. The van der Waals surface area contributed by atoms with Crippen molar-refractivity contribution >= 4 is 11.4 Å². The van der Waals surface area contributed by atoms with Gasteiger partial charge < -0.3 is 20.3 Å². The number of hydrogen-bond acceptors (Lipinski definition) is 4. The minimum absolute atomic E-state index is 0.0302. The zero-order chi connectivity index (χ0) is 11.1. The van der Waals surface area contributed by atoms with Gasteiger partial charge in [-0.05, 0) is 12.1 Å². The van der Waals surface area contributed by atoms with E-state index in [2.05, 4.69) is 5.32 Å². The van der Waals surface area contributed by atoms with E-state index in [0.29, 0.717) is 17.2 Å².